The van der Waals surface area contributed by atoms with E-state index in [1.807, 2.05) is 19.9 Å². The Kier molecular flexibility index (Phi) is 5.30. The molecule has 1 heterocycles. The predicted molar refractivity (Wildman–Crippen MR) is 80.4 cm³/mol. The molecule has 1 aromatic rings. The fourth-order valence-corrected chi connectivity index (χ4v) is 2.11. The maximum atomic E-state index is 12.1. The summed E-state index contributed by atoms with van der Waals surface area (Å²) in [5, 5.41) is 8.68. The van der Waals surface area contributed by atoms with Gasteiger partial charge in [0.05, 0.1) is 6.61 Å². The van der Waals surface area contributed by atoms with Gasteiger partial charge >= 0.3 is 0 Å². The molecule has 1 unspecified atom stereocenters. The van der Waals surface area contributed by atoms with E-state index in [-0.39, 0.29) is 11.8 Å². The Morgan fingerprint density at radius 2 is 2.24 bits per heavy atom. The first-order chi connectivity index (χ1) is 10.1. The first-order valence-corrected chi connectivity index (χ1v) is 7.14. The minimum absolute atomic E-state index is 0.149. The lowest BCUT2D eigenvalue weighted by Crippen LogP contribution is -2.45. The second-order valence-corrected chi connectivity index (χ2v) is 4.94. The molecule has 6 heteroatoms. The molecule has 0 aliphatic carbocycles. The maximum Gasteiger partial charge on any atom is 0.254 e. The van der Waals surface area contributed by atoms with E-state index >= 15 is 0 Å². The van der Waals surface area contributed by atoms with Gasteiger partial charge in [0.25, 0.3) is 11.8 Å². The Morgan fingerprint density at radius 1 is 1.43 bits per heavy atom. The zero-order valence-corrected chi connectivity index (χ0v) is 12.4. The van der Waals surface area contributed by atoms with Gasteiger partial charge in [0.2, 0.25) is 0 Å². The van der Waals surface area contributed by atoms with Gasteiger partial charge in [-0.3, -0.25) is 9.59 Å². The standard InChI is InChI=1S/C15H21N3O3/c1-3-17-14(19)11-5-4-10(2)12(8-11)18-15(20)13-9-16-6-7-21-13/h4-5,8,13,16H,3,6-7,9H2,1-2H3,(H,17,19)(H,18,20). The van der Waals surface area contributed by atoms with Crippen LogP contribution in [0.1, 0.15) is 22.8 Å². The van der Waals surface area contributed by atoms with Crippen LogP contribution < -0.4 is 16.0 Å². The number of ether oxygens (including phenoxy) is 1. The molecule has 0 spiro atoms. The van der Waals surface area contributed by atoms with Crippen LogP contribution in [0.15, 0.2) is 18.2 Å². The second kappa shape index (κ2) is 7.19. The summed E-state index contributed by atoms with van der Waals surface area (Å²) >= 11 is 0. The molecule has 0 bridgehead atoms. The van der Waals surface area contributed by atoms with Gasteiger partial charge < -0.3 is 20.7 Å². The molecule has 0 aromatic heterocycles. The minimum atomic E-state index is -0.494. The third kappa shape index (κ3) is 4.03. The minimum Gasteiger partial charge on any atom is -0.366 e. The van der Waals surface area contributed by atoms with Crippen molar-refractivity contribution in [3.8, 4) is 0 Å². The molecule has 0 saturated carbocycles. The number of morpholine rings is 1. The molecule has 21 heavy (non-hydrogen) atoms. The van der Waals surface area contributed by atoms with Crippen molar-refractivity contribution in [2.75, 3.05) is 31.6 Å². The van der Waals surface area contributed by atoms with Crippen LogP contribution in [0.2, 0.25) is 0 Å². The lowest BCUT2D eigenvalue weighted by atomic mass is 10.1. The normalized spacial score (nSPS) is 18.1. The van der Waals surface area contributed by atoms with Gasteiger partial charge in [-0.2, -0.15) is 0 Å². The van der Waals surface area contributed by atoms with Crippen molar-refractivity contribution in [2.45, 2.75) is 20.0 Å². The van der Waals surface area contributed by atoms with Gasteiger partial charge in [0.1, 0.15) is 6.10 Å². The molecule has 6 nitrogen and oxygen atoms in total. The molecule has 1 saturated heterocycles. The number of benzene rings is 1. The average molecular weight is 291 g/mol. The van der Waals surface area contributed by atoms with Crippen molar-refractivity contribution in [2.24, 2.45) is 0 Å². The summed E-state index contributed by atoms with van der Waals surface area (Å²) in [4.78, 5) is 24.0. The van der Waals surface area contributed by atoms with E-state index < -0.39 is 6.10 Å². The quantitative estimate of drug-likeness (QED) is 0.762. The number of hydrogen-bond acceptors (Lipinski definition) is 4. The van der Waals surface area contributed by atoms with Crippen LogP contribution in [0, 0.1) is 6.92 Å². The van der Waals surface area contributed by atoms with Gasteiger partial charge in [0, 0.05) is 30.9 Å². The largest absolute Gasteiger partial charge is 0.366 e. The van der Waals surface area contributed by atoms with E-state index in [1.54, 1.807) is 12.1 Å². The van der Waals surface area contributed by atoms with E-state index in [0.717, 1.165) is 12.1 Å². The summed E-state index contributed by atoms with van der Waals surface area (Å²) < 4.78 is 5.41. The highest BCUT2D eigenvalue weighted by molar-refractivity contribution is 5.99. The van der Waals surface area contributed by atoms with Crippen LogP contribution in [0.3, 0.4) is 0 Å². The second-order valence-electron chi connectivity index (χ2n) is 4.94. The molecular weight excluding hydrogens is 270 g/mol. The van der Waals surface area contributed by atoms with Crippen LogP contribution >= 0.6 is 0 Å². The zero-order chi connectivity index (χ0) is 15.2. The maximum absolute atomic E-state index is 12.1. The number of aryl methyl sites for hydroxylation is 1. The smallest absolute Gasteiger partial charge is 0.254 e. The summed E-state index contributed by atoms with van der Waals surface area (Å²) in [6, 6.07) is 5.25. The van der Waals surface area contributed by atoms with Crippen molar-refractivity contribution >= 4 is 17.5 Å². The van der Waals surface area contributed by atoms with Gasteiger partial charge in [-0.1, -0.05) is 6.07 Å². The van der Waals surface area contributed by atoms with Crippen LogP contribution in [-0.4, -0.2) is 44.2 Å². The Labute approximate surface area is 124 Å². The van der Waals surface area contributed by atoms with E-state index in [2.05, 4.69) is 16.0 Å². The molecular formula is C15H21N3O3. The molecule has 1 aromatic carbocycles. The summed E-state index contributed by atoms with van der Waals surface area (Å²) in [5.41, 5.74) is 2.07. The fourth-order valence-electron chi connectivity index (χ4n) is 2.11. The Bertz CT molecular complexity index is 525. The molecule has 114 valence electrons. The Morgan fingerprint density at radius 3 is 2.90 bits per heavy atom. The lowest BCUT2D eigenvalue weighted by molar-refractivity contribution is -0.128. The molecule has 1 atom stereocenters. The number of nitrogens with one attached hydrogen (secondary N) is 3. The van der Waals surface area contributed by atoms with Crippen LogP contribution in [0.5, 0.6) is 0 Å². The molecule has 2 amide bonds. The van der Waals surface area contributed by atoms with Crippen LogP contribution in [0.4, 0.5) is 5.69 Å². The summed E-state index contributed by atoms with van der Waals surface area (Å²) in [5.74, 6) is -0.345. The molecule has 1 aliphatic rings. The highest BCUT2D eigenvalue weighted by atomic mass is 16.5. The summed E-state index contributed by atoms with van der Waals surface area (Å²) in [6.07, 6.45) is -0.494. The van der Waals surface area contributed by atoms with Gasteiger partial charge in [0.15, 0.2) is 0 Å². The fraction of sp³-hybridized carbons (Fsp3) is 0.467. The van der Waals surface area contributed by atoms with Gasteiger partial charge in [-0.25, -0.2) is 0 Å². The number of carbonyl (C=O) groups is 2. The SMILES string of the molecule is CCNC(=O)c1ccc(C)c(NC(=O)C2CNCCO2)c1. The van der Waals surface area contributed by atoms with Crippen LogP contribution in [-0.2, 0) is 9.53 Å². The van der Waals surface area contributed by atoms with Crippen LogP contribution in [0.25, 0.3) is 0 Å². The third-order valence-electron chi connectivity index (χ3n) is 3.32. The molecule has 1 aliphatic heterocycles. The molecule has 0 radical (unpaired) electrons. The number of carbonyl (C=O) groups excluding carboxylic acids is 2. The summed E-state index contributed by atoms with van der Waals surface area (Å²) in [7, 11) is 0. The van der Waals surface area contributed by atoms with Gasteiger partial charge in [-0.15, -0.1) is 0 Å². The number of rotatable bonds is 4. The number of hydrogen-bond donors (Lipinski definition) is 3. The van der Waals surface area contributed by atoms with Crippen molar-refractivity contribution in [3.63, 3.8) is 0 Å². The topological polar surface area (TPSA) is 79.5 Å². The van der Waals surface area contributed by atoms with E-state index in [9.17, 15) is 9.59 Å². The Balaban J connectivity index is 2.09. The van der Waals surface area contributed by atoms with E-state index in [4.69, 9.17) is 4.74 Å². The van der Waals surface area contributed by atoms with E-state index in [1.165, 1.54) is 0 Å². The first kappa shape index (κ1) is 15.5. The number of amides is 2. The third-order valence-corrected chi connectivity index (χ3v) is 3.32. The van der Waals surface area contributed by atoms with E-state index in [0.29, 0.717) is 30.9 Å². The van der Waals surface area contributed by atoms with Crippen molar-refractivity contribution in [3.05, 3.63) is 29.3 Å². The predicted octanol–water partition coefficient (Wildman–Crippen LogP) is 0.672. The van der Waals surface area contributed by atoms with Gasteiger partial charge in [-0.05, 0) is 31.5 Å². The molecule has 1 fully saturated rings. The zero-order valence-electron chi connectivity index (χ0n) is 12.4. The lowest BCUT2D eigenvalue weighted by Gasteiger charge is -2.23. The first-order valence-electron chi connectivity index (χ1n) is 7.14. The molecule has 2 rings (SSSR count). The van der Waals surface area contributed by atoms with Crippen molar-refractivity contribution in [1.82, 2.24) is 10.6 Å². The number of anilines is 1. The highest BCUT2D eigenvalue weighted by Gasteiger charge is 2.22. The van der Waals surface area contributed by atoms with Crippen molar-refractivity contribution < 1.29 is 14.3 Å². The monoisotopic (exact) mass is 291 g/mol. The van der Waals surface area contributed by atoms with Crippen molar-refractivity contribution in [1.29, 1.82) is 0 Å². The molecule has 3 N–H and O–H groups in total. The summed E-state index contributed by atoms with van der Waals surface area (Å²) in [6.45, 7) is 6.10. The highest BCUT2D eigenvalue weighted by Crippen LogP contribution is 2.17. The Hall–Kier alpha value is -1.92. The average Bonchev–Trinajstić information content (AvgIpc) is 2.50.